The molecule has 1 aromatic carbocycles. The second-order valence-electron chi connectivity index (χ2n) is 5.72. The van der Waals surface area contributed by atoms with Gasteiger partial charge in [0.1, 0.15) is 4.21 Å². The first-order valence-corrected chi connectivity index (χ1v) is 10.8. The lowest BCUT2D eigenvalue weighted by molar-refractivity contribution is -0.116. The summed E-state index contributed by atoms with van der Waals surface area (Å²) in [5.74, 6) is -0.359. The molecule has 0 aliphatic rings. The normalized spacial score (nSPS) is 11.5. The molecule has 1 N–H and O–H groups in total. The third-order valence-corrected chi connectivity index (χ3v) is 7.19. The largest absolute Gasteiger partial charge is 0.324 e. The maximum atomic E-state index is 12.7. The first-order chi connectivity index (χ1) is 12.4. The Kier molecular flexibility index (Phi) is 7.14. The number of benzene rings is 1. The number of thiophene rings is 1. The Labute approximate surface area is 159 Å². The fraction of sp³-hybridized carbons (Fsp3) is 0.316. The number of rotatable bonds is 9. The summed E-state index contributed by atoms with van der Waals surface area (Å²) < 4.78 is 26.8. The third-order valence-electron chi connectivity index (χ3n) is 4.01. The molecule has 1 aromatic heterocycles. The van der Waals surface area contributed by atoms with Crippen LogP contribution in [-0.4, -0.2) is 31.7 Å². The summed E-state index contributed by atoms with van der Waals surface area (Å²) in [5.41, 5.74) is 2.86. The molecule has 2 rings (SSSR count). The molecular weight excluding hydrogens is 368 g/mol. The van der Waals surface area contributed by atoms with Gasteiger partial charge in [-0.25, -0.2) is 8.42 Å². The molecule has 0 saturated carbocycles. The summed E-state index contributed by atoms with van der Waals surface area (Å²) in [6.07, 6.45) is 3.05. The first-order valence-electron chi connectivity index (χ1n) is 8.49. The quantitative estimate of drug-likeness (QED) is 0.662. The van der Waals surface area contributed by atoms with Gasteiger partial charge in [-0.05, 0) is 35.4 Å². The Hall–Kier alpha value is -1.96. The molecule has 0 aliphatic carbocycles. The van der Waals surface area contributed by atoms with E-state index in [-0.39, 0.29) is 23.2 Å². The van der Waals surface area contributed by atoms with E-state index >= 15 is 0 Å². The molecule has 5 nitrogen and oxygen atoms in total. The fourth-order valence-corrected chi connectivity index (χ4v) is 5.18. The average Bonchev–Trinajstić information content (AvgIpc) is 3.17. The molecule has 0 aliphatic heterocycles. The highest BCUT2D eigenvalue weighted by atomic mass is 32.2. The monoisotopic (exact) mass is 392 g/mol. The third kappa shape index (κ3) is 4.60. The van der Waals surface area contributed by atoms with Gasteiger partial charge in [-0.2, -0.15) is 4.31 Å². The van der Waals surface area contributed by atoms with Crippen LogP contribution in [0, 0.1) is 0 Å². The van der Waals surface area contributed by atoms with Crippen LogP contribution in [0.15, 0.2) is 52.6 Å². The average molecular weight is 393 g/mol. The molecule has 1 amide bonds. The van der Waals surface area contributed by atoms with Gasteiger partial charge in [0.2, 0.25) is 5.91 Å². The number of sulfonamides is 1. The van der Waals surface area contributed by atoms with Gasteiger partial charge in [0, 0.05) is 12.2 Å². The first kappa shape index (κ1) is 20.4. The number of para-hydroxylation sites is 1. The zero-order valence-corrected chi connectivity index (χ0v) is 16.7. The number of amides is 1. The summed E-state index contributed by atoms with van der Waals surface area (Å²) in [7, 11) is -3.72. The second kappa shape index (κ2) is 9.12. The van der Waals surface area contributed by atoms with Crippen molar-refractivity contribution >= 4 is 33.0 Å². The van der Waals surface area contributed by atoms with E-state index in [1.54, 1.807) is 11.4 Å². The van der Waals surface area contributed by atoms with Crippen molar-refractivity contribution in [1.82, 2.24) is 4.31 Å². The van der Waals surface area contributed by atoms with Crippen molar-refractivity contribution in [1.29, 1.82) is 0 Å². The molecule has 2 aromatic rings. The van der Waals surface area contributed by atoms with Gasteiger partial charge in [0.15, 0.2) is 0 Å². The lowest BCUT2D eigenvalue weighted by Crippen LogP contribution is -2.38. The van der Waals surface area contributed by atoms with Crippen LogP contribution in [0.4, 0.5) is 5.69 Å². The van der Waals surface area contributed by atoms with Gasteiger partial charge in [0.05, 0.1) is 6.54 Å². The summed E-state index contributed by atoms with van der Waals surface area (Å²) in [6.45, 7) is 7.47. The molecule has 0 fully saturated rings. The predicted molar refractivity (Wildman–Crippen MR) is 107 cm³/mol. The van der Waals surface area contributed by atoms with E-state index in [0.29, 0.717) is 0 Å². The van der Waals surface area contributed by atoms with Crippen molar-refractivity contribution < 1.29 is 13.2 Å². The molecule has 26 heavy (non-hydrogen) atoms. The van der Waals surface area contributed by atoms with Crippen LogP contribution in [0.25, 0.3) is 0 Å². The summed E-state index contributed by atoms with van der Waals surface area (Å²) in [5, 5.41) is 4.61. The number of carbonyl (C=O) groups is 1. The van der Waals surface area contributed by atoms with Gasteiger partial charge in [0.25, 0.3) is 10.0 Å². The van der Waals surface area contributed by atoms with Crippen LogP contribution in [-0.2, 0) is 27.7 Å². The van der Waals surface area contributed by atoms with Crippen molar-refractivity contribution in [2.24, 2.45) is 0 Å². The van der Waals surface area contributed by atoms with Crippen molar-refractivity contribution in [3.05, 3.63) is 59.5 Å². The summed E-state index contributed by atoms with van der Waals surface area (Å²) in [4.78, 5) is 12.6. The predicted octanol–water partition coefficient (Wildman–Crippen LogP) is 3.69. The topological polar surface area (TPSA) is 66.5 Å². The highest BCUT2D eigenvalue weighted by Gasteiger charge is 2.26. The van der Waals surface area contributed by atoms with Crippen LogP contribution in [0.3, 0.4) is 0 Å². The second-order valence-corrected chi connectivity index (χ2v) is 8.84. The van der Waals surface area contributed by atoms with E-state index in [1.165, 1.54) is 12.1 Å². The van der Waals surface area contributed by atoms with E-state index < -0.39 is 10.0 Å². The van der Waals surface area contributed by atoms with E-state index in [9.17, 15) is 13.2 Å². The Morgan fingerprint density at radius 1 is 1.19 bits per heavy atom. The van der Waals surface area contributed by atoms with E-state index in [4.69, 9.17) is 0 Å². The molecule has 7 heteroatoms. The molecule has 0 saturated heterocycles. The molecule has 0 spiro atoms. The number of aryl methyl sites for hydroxylation is 2. The van der Waals surface area contributed by atoms with Gasteiger partial charge >= 0.3 is 0 Å². The minimum atomic E-state index is -3.72. The van der Waals surface area contributed by atoms with Crippen LogP contribution in [0.2, 0.25) is 0 Å². The minimum absolute atomic E-state index is 0.0731. The van der Waals surface area contributed by atoms with E-state index in [1.807, 2.05) is 32.0 Å². The molecule has 1 heterocycles. The van der Waals surface area contributed by atoms with Crippen LogP contribution < -0.4 is 5.32 Å². The molecule has 0 radical (unpaired) electrons. The molecular formula is C19H24N2O3S2. The zero-order chi connectivity index (χ0) is 19.2. The highest BCUT2D eigenvalue weighted by Crippen LogP contribution is 2.24. The Morgan fingerprint density at radius 2 is 1.85 bits per heavy atom. The maximum Gasteiger partial charge on any atom is 0.253 e. The molecule has 0 bridgehead atoms. The van der Waals surface area contributed by atoms with Crippen molar-refractivity contribution in [2.75, 3.05) is 18.4 Å². The fourth-order valence-electron chi connectivity index (χ4n) is 2.67. The van der Waals surface area contributed by atoms with E-state index in [0.717, 1.165) is 45.3 Å². The number of nitrogens with zero attached hydrogens (tertiary/aromatic N) is 1. The SMILES string of the molecule is C=CCN(CC(=O)Nc1c(CC)cccc1CC)S(=O)(=O)c1cccs1. The van der Waals surface area contributed by atoms with Crippen molar-refractivity contribution in [3.8, 4) is 0 Å². The van der Waals surface area contributed by atoms with Crippen molar-refractivity contribution in [2.45, 2.75) is 30.9 Å². The van der Waals surface area contributed by atoms with Gasteiger partial charge in [-0.1, -0.05) is 44.2 Å². The highest BCUT2D eigenvalue weighted by molar-refractivity contribution is 7.91. The van der Waals surface area contributed by atoms with Crippen LogP contribution in [0.5, 0.6) is 0 Å². The van der Waals surface area contributed by atoms with Gasteiger partial charge < -0.3 is 5.32 Å². The maximum absolute atomic E-state index is 12.7. The molecule has 0 atom stereocenters. The number of hydrogen-bond donors (Lipinski definition) is 1. The standard InChI is InChI=1S/C19H24N2O3S2/c1-4-12-21(26(23,24)18-11-8-13-25-18)14-17(22)20-19-15(5-2)9-7-10-16(19)6-3/h4,7-11,13H,1,5-6,12,14H2,2-3H3,(H,20,22). The lowest BCUT2D eigenvalue weighted by atomic mass is 10.0. The number of nitrogens with one attached hydrogen (secondary N) is 1. The van der Waals surface area contributed by atoms with E-state index in [2.05, 4.69) is 11.9 Å². The Bertz CT molecular complexity index is 837. The Morgan fingerprint density at radius 3 is 2.35 bits per heavy atom. The van der Waals surface area contributed by atoms with Crippen LogP contribution >= 0.6 is 11.3 Å². The van der Waals surface area contributed by atoms with Gasteiger partial charge in [-0.3, -0.25) is 4.79 Å². The number of hydrogen-bond acceptors (Lipinski definition) is 4. The number of carbonyl (C=O) groups excluding carboxylic acids is 1. The summed E-state index contributed by atoms with van der Waals surface area (Å²) in [6, 6.07) is 9.13. The number of anilines is 1. The van der Waals surface area contributed by atoms with Crippen molar-refractivity contribution in [3.63, 3.8) is 0 Å². The lowest BCUT2D eigenvalue weighted by Gasteiger charge is -2.20. The van der Waals surface area contributed by atoms with Crippen LogP contribution in [0.1, 0.15) is 25.0 Å². The Balaban J connectivity index is 2.23. The molecule has 140 valence electrons. The van der Waals surface area contributed by atoms with Gasteiger partial charge in [-0.15, -0.1) is 17.9 Å². The zero-order valence-electron chi connectivity index (χ0n) is 15.1. The minimum Gasteiger partial charge on any atom is -0.324 e. The smallest absolute Gasteiger partial charge is 0.253 e. The molecule has 0 unspecified atom stereocenters. The summed E-state index contributed by atoms with van der Waals surface area (Å²) >= 11 is 1.13.